The van der Waals surface area contributed by atoms with E-state index in [1.165, 1.54) is 0 Å². The summed E-state index contributed by atoms with van der Waals surface area (Å²) >= 11 is 1.57. The SMILES string of the molecule is O=C(CCc1ccccc1)N[C@@]1(C(=O)O)CCSC1. The molecule has 0 spiro atoms. The number of carbonyl (C=O) groups is 2. The Balaban J connectivity index is 1.88. The Kier molecular flexibility index (Phi) is 4.47. The number of aryl methyl sites for hydroxylation is 1. The van der Waals surface area contributed by atoms with Gasteiger partial charge in [0.15, 0.2) is 0 Å². The molecule has 1 aromatic carbocycles. The number of hydrogen-bond acceptors (Lipinski definition) is 3. The number of amides is 1. The Bertz CT molecular complexity index is 455. The first-order valence-corrected chi connectivity index (χ1v) is 7.44. The largest absolute Gasteiger partial charge is 0.479 e. The molecular weight excluding hydrogens is 262 g/mol. The molecule has 1 atom stereocenters. The van der Waals surface area contributed by atoms with Crippen molar-refractivity contribution in [2.45, 2.75) is 24.8 Å². The number of carboxylic acids is 1. The van der Waals surface area contributed by atoms with Gasteiger partial charge in [0.2, 0.25) is 5.91 Å². The zero-order chi connectivity index (χ0) is 13.7. The van der Waals surface area contributed by atoms with Crippen LogP contribution in [0.5, 0.6) is 0 Å². The molecule has 19 heavy (non-hydrogen) atoms. The quantitative estimate of drug-likeness (QED) is 0.861. The van der Waals surface area contributed by atoms with Crippen LogP contribution in [-0.4, -0.2) is 34.0 Å². The van der Waals surface area contributed by atoms with E-state index in [1.54, 1.807) is 11.8 Å². The second-order valence-electron chi connectivity index (χ2n) is 4.72. The molecule has 1 heterocycles. The lowest BCUT2D eigenvalue weighted by Crippen LogP contribution is -2.54. The third-order valence-electron chi connectivity index (χ3n) is 3.29. The molecular formula is C14H17NO3S. The molecule has 1 aliphatic rings. The normalized spacial score (nSPS) is 22.1. The average molecular weight is 279 g/mol. The van der Waals surface area contributed by atoms with Crippen LogP contribution in [0.15, 0.2) is 30.3 Å². The number of nitrogens with one attached hydrogen (secondary N) is 1. The Morgan fingerprint density at radius 1 is 1.32 bits per heavy atom. The Hall–Kier alpha value is -1.49. The van der Waals surface area contributed by atoms with Crippen molar-refractivity contribution in [3.63, 3.8) is 0 Å². The van der Waals surface area contributed by atoms with Crippen molar-refractivity contribution >= 4 is 23.6 Å². The van der Waals surface area contributed by atoms with E-state index in [-0.39, 0.29) is 5.91 Å². The predicted molar refractivity (Wildman–Crippen MR) is 75.2 cm³/mol. The highest BCUT2D eigenvalue weighted by atomic mass is 32.2. The first-order valence-electron chi connectivity index (χ1n) is 6.28. The minimum Gasteiger partial charge on any atom is -0.479 e. The van der Waals surface area contributed by atoms with Crippen molar-refractivity contribution in [1.29, 1.82) is 0 Å². The van der Waals surface area contributed by atoms with Gasteiger partial charge in [-0.2, -0.15) is 11.8 Å². The lowest BCUT2D eigenvalue weighted by atomic mass is 9.98. The van der Waals surface area contributed by atoms with Crippen molar-refractivity contribution in [2.24, 2.45) is 0 Å². The smallest absolute Gasteiger partial charge is 0.330 e. The molecule has 1 amide bonds. The van der Waals surface area contributed by atoms with E-state index in [4.69, 9.17) is 0 Å². The van der Waals surface area contributed by atoms with Gasteiger partial charge in [-0.05, 0) is 24.2 Å². The predicted octanol–water partition coefficient (Wildman–Crippen LogP) is 1.70. The standard InChI is InChI=1S/C14H17NO3S/c16-12(7-6-11-4-2-1-3-5-11)15-14(13(17)18)8-9-19-10-14/h1-5H,6-10H2,(H,15,16)(H,17,18)/t14-/m0/s1. The minimum atomic E-state index is -1.06. The fourth-order valence-corrected chi connectivity index (χ4v) is 3.44. The zero-order valence-corrected chi connectivity index (χ0v) is 11.4. The highest BCUT2D eigenvalue weighted by Crippen LogP contribution is 2.28. The van der Waals surface area contributed by atoms with Gasteiger partial charge in [-0.1, -0.05) is 30.3 Å². The molecule has 2 N–H and O–H groups in total. The summed E-state index contributed by atoms with van der Waals surface area (Å²) in [5, 5.41) is 12.0. The van der Waals surface area contributed by atoms with Crippen molar-refractivity contribution in [3.05, 3.63) is 35.9 Å². The number of aliphatic carboxylic acids is 1. The van der Waals surface area contributed by atoms with Crippen molar-refractivity contribution in [1.82, 2.24) is 5.32 Å². The van der Waals surface area contributed by atoms with Crippen LogP contribution >= 0.6 is 11.8 Å². The molecule has 1 aliphatic heterocycles. The molecule has 0 aliphatic carbocycles. The molecule has 0 aromatic heterocycles. The second-order valence-corrected chi connectivity index (χ2v) is 5.83. The number of carboxylic acid groups (broad SMARTS) is 1. The summed E-state index contributed by atoms with van der Waals surface area (Å²) < 4.78 is 0. The van der Waals surface area contributed by atoms with E-state index in [2.05, 4.69) is 5.32 Å². The minimum absolute atomic E-state index is 0.186. The van der Waals surface area contributed by atoms with Gasteiger partial charge >= 0.3 is 5.97 Å². The van der Waals surface area contributed by atoms with E-state index in [0.717, 1.165) is 11.3 Å². The van der Waals surface area contributed by atoms with Crippen LogP contribution in [-0.2, 0) is 16.0 Å². The molecule has 102 valence electrons. The van der Waals surface area contributed by atoms with Crippen LogP contribution in [0.25, 0.3) is 0 Å². The van der Waals surface area contributed by atoms with Gasteiger partial charge in [-0.3, -0.25) is 4.79 Å². The summed E-state index contributed by atoms with van der Waals surface area (Å²) in [6.07, 6.45) is 1.46. The molecule has 2 rings (SSSR count). The maximum Gasteiger partial charge on any atom is 0.330 e. The van der Waals surface area contributed by atoms with Crippen LogP contribution in [0.4, 0.5) is 0 Å². The molecule has 0 saturated carbocycles. The van der Waals surface area contributed by atoms with Crippen LogP contribution < -0.4 is 5.32 Å². The summed E-state index contributed by atoms with van der Waals surface area (Å²) in [6.45, 7) is 0. The van der Waals surface area contributed by atoms with Crippen LogP contribution in [0.2, 0.25) is 0 Å². The maximum absolute atomic E-state index is 11.9. The van der Waals surface area contributed by atoms with E-state index in [0.29, 0.717) is 25.0 Å². The van der Waals surface area contributed by atoms with Gasteiger partial charge < -0.3 is 10.4 Å². The summed E-state index contributed by atoms with van der Waals surface area (Å²) in [5.74, 6) is 0.129. The zero-order valence-electron chi connectivity index (χ0n) is 10.6. The first kappa shape index (κ1) is 13.9. The Morgan fingerprint density at radius 2 is 2.05 bits per heavy atom. The summed E-state index contributed by atoms with van der Waals surface area (Å²) in [4.78, 5) is 23.2. The van der Waals surface area contributed by atoms with E-state index in [1.807, 2.05) is 30.3 Å². The Morgan fingerprint density at radius 3 is 2.63 bits per heavy atom. The molecule has 0 radical (unpaired) electrons. The monoisotopic (exact) mass is 279 g/mol. The number of thioether (sulfide) groups is 1. The highest BCUT2D eigenvalue weighted by Gasteiger charge is 2.43. The van der Waals surface area contributed by atoms with E-state index in [9.17, 15) is 14.7 Å². The lowest BCUT2D eigenvalue weighted by molar-refractivity contribution is -0.146. The first-order chi connectivity index (χ1) is 9.12. The molecule has 0 unspecified atom stereocenters. The average Bonchev–Trinajstić information content (AvgIpc) is 2.87. The number of benzene rings is 1. The van der Waals surface area contributed by atoms with Crippen molar-refractivity contribution < 1.29 is 14.7 Å². The summed E-state index contributed by atoms with van der Waals surface area (Å²) in [7, 11) is 0. The van der Waals surface area contributed by atoms with Crippen molar-refractivity contribution in [2.75, 3.05) is 11.5 Å². The second kappa shape index (κ2) is 6.10. The molecule has 1 fully saturated rings. The lowest BCUT2D eigenvalue weighted by Gasteiger charge is -2.24. The molecule has 1 aromatic rings. The summed E-state index contributed by atoms with van der Waals surface area (Å²) in [5.41, 5.74) is 0.0288. The van der Waals surface area contributed by atoms with Gasteiger partial charge in [0.25, 0.3) is 0 Å². The molecule has 0 bridgehead atoms. The van der Waals surface area contributed by atoms with Crippen LogP contribution in [0.3, 0.4) is 0 Å². The highest BCUT2D eigenvalue weighted by molar-refractivity contribution is 7.99. The number of rotatable bonds is 5. The van der Waals surface area contributed by atoms with Gasteiger partial charge in [-0.25, -0.2) is 4.79 Å². The van der Waals surface area contributed by atoms with Crippen LogP contribution in [0.1, 0.15) is 18.4 Å². The topological polar surface area (TPSA) is 66.4 Å². The van der Waals surface area contributed by atoms with Gasteiger partial charge in [0.1, 0.15) is 5.54 Å². The fourth-order valence-electron chi connectivity index (χ4n) is 2.12. The van der Waals surface area contributed by atoms with E-state index >= 15 is 0 Å². The van der Waals surface area contributed by atoms with Crippen molar-refractivity contribution in [3.8, 4) is 0 Å². The number of hydrogen-bond donors (Lipinski definition) is 2. The summed E-state index contributed by atoms with van der Waals surface area (Å²) in [6, 6.07) is 9.72. The fraction of sp³-hybridized carbons (Fsp3) is 0.429. The van der Waals surface area contributed by atoms with E-state index < -0.39 is 11.5 Å². The van der Waals surface area contributed by atoms with Gasteiger partial charge in [0, 0.05) is 12.2 Å². The maximum atomic E-state index is 11.9. The molecule has 1 saturated heterocycles. The third-order valence-corrected chi connectivity index (χ3v) is 4.48. The van der Waals surface area contributed by atoms with Crippen LogP contribution in [0, 0.1) is 0 Å². The third kappa shape index (κ3) is 3.50. The van der Waals surface area contributed by atoms with Gasteiger partial charge in [-0.15, -0.1) is 0 Å². The number of carbonyl (C=O) groups excluding carboxylic acids is 1. The van der Waals surface area contributed by atoms with Gasteiger partial charge in [0.05, 0.1) is 0 Å². The Labute approximate surface area is 116 Å². The molecule has 5 heteroatoms. The molecule has 4 nitrogen and oxygen atoms in total.